The summed E-state index contributed by atoms with van der Waals surface area (Å²) in [7, 11) is 0. The Morgan fingerprint density at radius 3 is 2.76 bits per heavy atom. The molecular formula is C15H30N2. The van der Waals surface area contributed by atoms with Crippen molar-refractivity contribution in [2.24, 2.45) is 5.92 Å². The molecule has 3 atom stereocenters. The minimum absolute atomic E-state index is 0.758. The maximum Gasteiger partial charge on any atom is 0.0195 e. The summed E-state index contributed by atoms with van der Waals surface area (Å²) in [6, 6.07) is 1.66. The van der Waals surface area contributed by atoms with Crippen molar-refractivity contribution in [3.05, 3.63) is 0 Å². The summed E-state index contributed by atoms with van der Waals surface area (Å²) in [5, 5.41) is 3.68. The zero-order valence-electron chi connectivity index (χ0n) is 11.8. The molecule has 1 saturated carbocycles. The molecule has 1 aliphatic carbocycles. The summed E-state index contributed by atoms with van der Waals surface area (Å²) in [6.45, 7) is 8.47. The van der Waals surface area contributed by atoms with E-state index in [1.165, 1.54) is 64.6 Å². The standard InChI is InChI=1S/C15H30N2/c1-3-7-14-12-17(11-10-16-14)15-9-6-5-8-13(15)4-2/h13-16H,3-12H2,1-2H3. The molecule has 2 rings (SSSR count). The second-order valence-corrected chi connectivity index (χ2v) is 5.95. The number of nitrogens with zero attached hydrogens (tertiary/aromatic N) is 1. The van der Waals surface area contributed by atoms with Crippen LogP contribution in [0.4, 0.5) is 0 Å². The van der Waals surface area contributed by atoms with Gasteiger partial charge in [-0.25, -0.2) is 0 Å². The predicted octanol–water partition coefficient (Wildman–Crippen LogP) is 3.03. The molecule has 0 amide bonds. The average Bonchev–Trinajstić information content (AvgIpc) is 2.39. The van der Waals surface area contributed by atoms with Crippen molar-refractivity contribution < 1.29 is 0 Å². The summed E-state index contributed by atoms with van der Waals surface area (Å²) in [5.74, 6) is 0.976. The van der Waals surface area contributed by atoms with Crippen LogP contribution >= 0.6 is 0 Å². The summed E-state index contributed by atoms with van der Waals surface area (Å²) in [6.07, 6.45) is 9.91. The third-order valence-electron chi connectivity index (χ3n) is 4.79. The smallest absolute Gasteiger partial charge is 0.0195 e. The lowest BCUT2D eigenvalue weighted by Gasteiger charge is -2.44. The van der Waals surface area contributed by atoms with E-state index < -0.39 is 0 Å². The highest BCUT2D eigenvalue weighted by Gasteiger charge is 2.31. The maximum absolute atomic E-state index is 3.68. The molecular weight excluding hydrogens is 208 g/mol. The molecule has 0 radical (unpaired) electrons. The highest BCUT2D eigenvalue weighted by Crippen LogP contribution is 2.31. The molecule has 100 valence electrons. The third kappa shape index (κ3) is 3.45. The molecule has 2 nitrogen and oxygen atoms in total. The van der Waals surface area contributed by atoms with E-state index in [4.69, 9.17) is 0 Å². The van der Waals surface area contributed by atoms with E-state index in [0.717, 1.165) is 18.0 Å². The molecule has 1 heterocycles. The van der Waals surface area contributed by atoms with Crippen LogP contribution < -0.4 is 5.32 Å². The number of nitrogens with one attached hydrogen (secondary N) is 1. The summed E-state index contributed by atoms with van der Waals surface area (Å²) < 4.78 is 0. The molecule has 1 saturated heterocycles. The number of rotatable bonds is 4. The van der Waals surface area contributed by atoms with Gasteiger partial charge in [-0.2, -0.15) is 0 Å². The number of piperazine rings is 1. The third-order valence-corrected chi connectivity index (χ3v) is 4.79. The zero-order chi connectivity index (χ0) is 12.1. The van der Waals surface area contributed by atoms with Gasteiger partial charge in [0.15, 0.2) is 0 Å². The van der Waals surface area contributed by atoms with Gasteiger partial charge >= 0.3 is 0 Å². The zero-order valence-corrected chi connectivity index (χ0v) is 11.8. The first-order valence-corrected chi connectivity index (χ1v) is 7.82. The molecule has 2 heteroatoms. The molecule has 1 aliphatic heterocycles. The summed E-state index contributed by atoms with van der Waals surface area (Å²) in [5.41, 5.74) is 0. The van der Waals surface area contributed by atoms with Crippen molar-refractivity contribution in [2.45, 2.75) is 70.9 Å². The monoisotopic (exact) mass is 238 g/mol. The fourth-order valence-corrected chi connectivity index (χ4v) is 3.84. The predicted molar refractivity (Wildman–Crippen MR) is 74.3 cm³/mol. The van der Waals surface area contributed by atoms with E-state index >= 15 is 0 Å². The number of hydrogen-bond acceptors (Lipinski definition) is 2. The Morgan fingerprint density at radius 1 is 1.18 bits per heavy atom. The van der Waals surface area contributed by atoms with Gasteiger partial charge in [0.1, 0.15) is 0 Å². The Hall–Kier alpha value is -0.0800. The van der Waals surface area contributed by atoms with Crippen LogP contribution in [0, 0.1) is 5.92 Å². The second-order valence-electron chi connectivity index (χ2n) is 5.95. The molecule has 3 unspecified atom stereocenters. The highest BCUT2D eigenvalue weighted by atomic mass is 15.2. The van der Waals surface area contributed by atoms with Crippen LogP contribution in [0.1, 0.15) is 58.8 Å². The van der Waals surface area contributed by atoms with Gasteiger partial charge in [0.05, 0.1) is 0 Å². The molecule has 0 bridgehead atoms. The molecule has 2 fully saturated rings. The Bertz CT molecular complexity index is 215. The van der Waals surface area contributed by atoms with Crippen molar-refractivity contribution in [1.29, 1.82) is 0 Å². The topological polar surface area (TPSA) is 15.3 Å². The van der Waals surface area contributed by atoms with Crippen molar-refractivity contribution in [1.82, 2.24) is 10.2 Å². The molecule has 0 aromatic rings. The van der Waals surface area contributed by atoms with Crippen LogP contribution in [-0.4, -0.2) is 36.6 Å². The van der Waals surface area contributed by atoms with Crippen molar-refractivity contribution >= 4 is 0 Å². The minimum atomic E-state index is 0.758. The van der Waals surface area contributed by atoms with E-state index in [9.17, 15) is 0 Å². The minimum Gasteiger partial charge on any atom is -0.311 e. The Labute approximate surface area is 107 Å². The Balaban J connectivity index is 1.90. The van der Waals surface area contributed by atoms with E-state index in [1.54, 1.807) is 0 Å². The first-order valence-electron chi connectivity index (χ1n) is 7.82. The van der Waals surface area contributed by atoms with Crippen LogP contribution in [0.25, 0.3) is 0 Å². The van der Waals surface area contributed by atoms with E-state index in [-0.39, 0.29) is 0 Å². The number of hydrogen-bond donors (Lipinski definition) is 1. The van der Waals surface area contributed by atoms with E-state index in [2.05, 4.69) is 24.1 Å². The molecule has 1 N–H and O–H groups in total. The van der Waals surface area contributed by atoms with Gasteiger partial charge in [-0.15, -0.1) is 0 Å². The Morgan fingerprint density at radius 2 is 2.00 bits per heavy atom. The summed E-state index contributed by atoms with van der Waals surface area (Å²) >= 11 is 0. The molecule has 17 heavy (non-hydrogen) atoms. The quantitative estimate of drug-likeness (QED) is 0.810. The van der Waals surface area contributed by atoms with Crippen molar-refractivity contribution in [2.75, 3.05) is 19.6 Å². The lowest BCUT2D eigenvalue weighted by molar-refractivity contribution is 0.0710. The van der Waals surface area contributed by atoms with Crippen LogP contribution in [0.2, 0.25) is 0 Å². The average molecular weight is 238 g/mol. The van der Waals surface area contributed by atoms with Crippen molar-refractivity contribution in [3.63, 3.8) is 0 Å². The first-order chi connectivity index (χ1) is 8.35. The van der Waals surface area contributed by atoms with Crippen LogP contribution in [-0.2, 0) is 0 Å². The van der Waals surface area contributed by atoms with Gasteiger partial charge in [-0.1, -0.05) is 39.5 Å². The molecule has 0 aromatic heterocycles. The fraction of sp³-hybridized carbons (Fsp3) is 1.00. The highest BCUT2D eigenvalue weighted by molar-refractivity contribution is 4.88. The van der Waals surface area contributed by atoms with Gasteiger partial charge in [0.25, 0.3) is 0 Å². The van der Waals surface area contributed by atoms with Gasteiger partial charge < -0.3 is 5.32 Å². The van der Waals surface area contributed by atoms with Crippen LogP contribution in [0.15, 0.2) is 0 Å². The van der Waals surface area contributed by atoms with Crippen molar-refractivity contribution in [3.8, 4) is 0 Å². The van der Waals surface area contributed by atoms with Crippen LogP contribution in [0.5, 0.6) is 0 Å². The largest absolute Gasteiger partial charge is 0.311 e. The second kappa shape index (κ2) is 6.75. The lowest BCUT2D eigenvalue weighted by atomic mass is 9.81. The normalized spacial score (nSPS) is 36.0. The van der Waals surface area contributed by atoms with Gasteiger partial charge in [-0.3, -0.25) is 4.90 Å². The SMILES string of the molecule is CCCC1CN(C2CCCCC2CC)CCN1. The molecule has 2 aliphatic rings. The van der Waals surface area contributed by atoms with E-state index in [1.807, 2.05) is 0 Å². The summed E-state index contributed by atoms with van der Waals surface area (Å²) in [4.78, 5) is 2.81. The molecule has 0 aromatic carbocycles. The van der Waals surface area contributed by atoms with Gasteiger partial charge in [0.2, 0.25) is 0 Å². The fourth-order valence-electron chi connectivity index (χ4n) is 3.84. The van der Waals surface area contributed by atoms with Crippen LogP contribution in [0.3, 0.4) is 0 Å². The molecule has 0 spiro atoms. The Kier molecular flexibility index (Phi) is 5.30. The maximum atomic E-state index is 3.68. The van der Waals surface area contributed by atoms with E-state index in [0.29, 0.717) is 0 Å². The van der Waals surface area contributed by atoms with Gasteiger partial charge in [0, 0.05) is 31.7 Å². The first kappa shape index (κ1) is 13.4. The van der Waals surface area contributed by atoms with Gasteiger partial charge in [-0.05, 0) is 25.2 Å². The lowest BCUT2D eigenvalue weighted by Crippen LogP contribution is -2.56.